The van der Waals surface area contributed by atoms with Gasteiger partial charge in [0, 0.05) is 18.1 Å². The van der Waals surface area contributed by atoms with Gasteiger partial charge in [-0.3, -0.25) is 9.59 Å². The van der Waals surface area contributed by atoms with Gasteiger partial charge in [0.1, 0.15) is 0 Å². The van der Waals surface area contributed by atoms with Gasteiger partial charge in [0.2, 0.25) is 5.81 Å². The van der Waals surface area contributed by atoms with E-state index in [-0.39, 0.29) is 23.1 Å². The zero-order valence-electron chi connectivity index (χ0n) is 22.4. The fourth-order valence-electron chi connectivity index (χ4n) is 6.92. The van der Waals surface area contributed by atoms with Gasteiger partial charge in [-0.15, -0.1) is 0 Å². The number of rotatable bonds is 10. The molecule has 0 aromatic carbocycles. The predicted octanol–water partition coefficient (Wildman–Crippen LogP) is 6.31. The van der Waals surface area contributed by atoms with Crippen molar-refractivity contribution in [3.05, 3.63) is 12.2 Å². The van der Waals surface area contributed by atoms with Crippen molar-refractivity contribution in [1.29, 1.82) is 0 Å². The normalized spacial score (nSPS) is 32.1. The molecule has 4 rings (SSSR count). The van der Waals surface area contributed by atoms with Crippen LogP contribution in [0.2, 0.25) is 0 Å². The van der Waals surface area contributed by atoms with Crippen molar-refractivity contribution in [3.63, 3.8) is 0 Å². The number of allylic oxidation sites excluding steroid dienone is 2. The number of nitrogens with one attached hydrogen (secondary N) is 1. The monoisotopic (exact) mass is 485 g/mol. The molecule has 0 heterocycles. The lowest BCUT2D eigenvalue weighted by Crippen LogP contribution is -2.53. The number of hydrogen-bond donors (Lipinski definition) is 2. The molecule has 4 aliphatic carbocycles. The lowest BCUT2D eigenvalue weighted by atomic mass is 9.53. The number of ketones is 1. The van der Waals surface area contributed by atoms with Gasteiger partial charge in [-0.05, 0) is 88.4 Å². The van der Waals surface area contributed by atoms with E-state index in [1.807, 2.05) is 0 Å². The molecule has 3 N–H and O–H groups in total. The fraction of sp³-hybridized carbons (Fsp3) is 0.862. The molecule has 1 radical (unpaired) electrons. The van der Waals surface area contributed by atoms with E-state index >= 15 is 0 Å². The van der Waals surface area contributed by atoms with Gasteiger partial charge in [-0.25, -0.2) is 0 Å². The molecule has 0 aromatic heterocycles. The Bertz CT molecular complexity index is 691. The maximum Gasteiger partial charge on any atom is 0.407 e. The van der Waals surface area contributed by atoms with E-state index in [0.29, 0.717) is 30.7 Å². The van der Waals surface area contributed by atoms with Crippen molar-refractivity contribution in [2.45, 2.75) is 129 Å². The van der Waals surface area contributed by atoms with Gasteiger partial charge in [-0.2, -0.15) is 0 Å². The summed E-state index contributed by atoms with van der Waals surface area (Å²) in [6, 6.07) is -0.410. The average molecular weight is 486 g/mol. The maximum atomic E-state index is 13.7. The Kier molecular flexibility index (Phi) is 11.8. The summed E-state index contributed by atoms with van der Waals surface area (Å²) in [5.41, 5.74) is 6.19. The lowest BCUT2D eigenvalue weighted by Gasteiger charge is -2.50. The van der Waals surface area contributed by atoms with Gasteiger partial charge in [-0.1, -0.05) is 58.1 Å². The first-order valence-electron chi connectivity index (χ1n) is 14.6. The summed E-state index contributed by atoms with van der Waals surface area (Å²) in [6.07, 6.45) is 22.4. The number of carbonyl (C=O) groups excluding carboxylic acids is 2. The number of amides is 1. The number of unbranched alkanes of at least 4 members (excludes halogenated alkanes) is 1. The second kappa shape index (κ2) is 14.6. The van der Waals surface area contributed by atoms with E-state index in [9.17, 15) is 9.59 Å². The molecule has 0 aromatic rings. The molecule has 35 heavy (non-hydrogen) atoms. The average Bonchev–Trinajstić information content (AvgIpc) is 2.84. The highest BCUT2D eigenvalue weighted by molar-refractivity contribution is 6.68. The van der Waals surface area contributed by atoms with E-state index in [2.05, 4.69) is 31.3 Å². The third-order valence-electron chi connectivity index (χ3n) is 9.47. The number of nitrogens with two attached hydrogens (primary N) is 1. The Balaban J connectivity index is 1.37. The lowest BCUT2D eigenvalue weighted by molar-refractivity contribution is -0.141. The van der Waals surface area contributed by atoms with Crippen LogP contribution in [0, 0.1) is 23.2 Å². The summed E-state index contributed by atoms with van der Waals surface area (Å²) in [5, 5.41) is 2.93. The van der Waals surface area contributed by atoms with Crippen LogP contribution in [0.15, 0.2) is 12.2 Å². The minimum Gasteiger partial charge on any atom is -0.427 e. The van der Waals surface area contributed by atoms with Gasteiger partial charge >= 0.3 is 7.48 Å². The van der Waals surface area contributed by atoms with Gasteiger partial charge in [0.05, 0.1) is 6.04 Å². The number of fused-ring (bicyclic) bond motifs is 6. The van der Waals surface area contributed by atoms with Crippen molar-refractivity contribution in [2.24, 2.45) is 28.9 Å². The molecular formula is C29H50BN2O3. The summed E-state index contributed by atoms with van der Waals surface area (Å²) in [5.74, 6) is 1.56. The van der Waals surface area contributed by atoms with Crippen LogP contribution in [0.3, 0.4) is 0 Å². The van der Waals surface area contributed by atoms with Crippen LogP contribution in [0.5, 0.6) is 0 Å². The van der Waals surface area contributed by atoms with Crippen LogP contribution in [0.25, 0.3) is 0 Å². The molecule has 0 saturated heterocycles. The molecule has 197 valence electrons. The van der Waals surface area contributed by atoms with Crippen molar-refractivity contribution in [3.8, 4) is 0 Å². The summed E-state index contributed by atoms with van der Waals surface area (Å²) >= 11 is 0. The second-order valence-corrected chi connectivity index (χ2v) is 11.7. The molecule has 0 aliphatic heterocycles. The summed E-state index contributed by atoms with van der Waals surface area (Å²) in [7, 11) is 1.37. The third kappa shape index (κ3) is 8.18. The molecule has 6 heteroatoms. The van der Waals surface area contributed by atoms with E-state index in [1.165, 1.54) is 52.4 Å². The highest BCUT2D eigenvalue weighted by Gasteiger charge is 2.51. The molecular weight excluding hydrogens is 435 g/mol. The molecule has 1 amide bonds. The van der Waals surface area contributed by atoms with Gasteiger partial charge in [0.15, 0.2) is 5.78 Å². The molecule has 4 aliphatic rings. The SMILES string of the molecule is CC1C2CC/C=C\CCC(CC2)C1(C)C(=O)C(N)CCCCNC(=O)[B]OC1CCCCCCC1. The van der Waals surface area contributed by atoms with E-state index in [0.717, 1.165) is 51.4 Å². The van der Waals surface area contributed by atoms with Crippen LogP contribution >= 0.6 is 0 Å². The standard InChI is InChI=1S/C29H50BN2O3/c1-22-23-14-8-6-7-9-15-24(20-19-23)29(22,2)27(33)26(31)18-12-13-21-32-28(34)30-35-25-16-10-4-3-5-11-17-25/h6-7,22-26H,3-5,8-21,31H2,1-2H3,(H,32,34)/b7-6-. The summed E-state index contributed by atoms with van der Waals surface area (Å²) in [4.78, 5) is 25.8. The van der Waals surface area contributed by atoms with Crippen molar-refractivity contribution in [2.75, 3.05) is 6.54 Å². The number of carbonyl (C=O) groups is 2. The Morgan fingerprint density at radius 2 is 1.69 bits per heavy atom. The van der Waals surface area contributed by atoms with Crippen LogP contribution in [-0.2, 0) is 9.45 Å². The smallest absolute Gasteiger partial charge is 0.407 e. The maximum absolute atomic E-state index is 13.7. The quantitative estimate of drug-likeness (QED) is 0.216. The fourth-order valence-corrected chi connectivity index (χ4v) is 6.92. The molecule has 2 bridgehead atoms. The van der Waals surface area contributed by atoms with Crippen molar-refractivity contribution in [1.82, 2.24) is 5.32 Å². The van der Waals surface area contributed by atoms with Crippen LogP contribution in [0.1, 0.15) is 117 Å². The Morgan fingerprint density at radius 1 is 1.00 bits per heavy atom. The third-order valence-corrected chi connectivity index (χ3v) is 9.47. The summed E-state index contributed by atoms with van der Waals surface area (Å²) in [6.45, 7) is 5.11. The van der Waals surface area contributed by atoms with E-state index < -0.39 is 6.04 Å². The van der Waals surface area contributed by atoms with Crippen LogP contribution in [0.4, 0.5) is 4.79 Å². The second-order valence-electron chi connectivity index (χ2n) is 11.7. The first kappa shape index (κ1) is 28.4. The number of Topliss-reactive ketones (excluding diaryl/α,β-unsaturated/α-hetero) is 1. The molecule has 2 saturated carbocycles. The Hall–Kier alpha value is -1.14. The largest absolute Gasteiger partial charge is 0.427 e. The van der Waals surface area contributed by atoms with Gasteiger partial charge < -0.3 is 15.7 Å². The van der Waals surface area contributed by atoms with Crippen molar-refractivity contribution >= 4 is 19.1 Å². The predicted molar refractivity (Wildman–Crippen MR) is 144 cm³/mol. The van der Waals surface area contributed by atoms with Crippen LogP contribution in [-0.4, -0.2) is 37.8 Å². The molecule has 5 atom stereocenters. The van der Waals surface area contributed by atoms with Crippen LogP contribution < -0.4 is 11.1 Å². The Morgan fingerprint density at radius 3 is 2.43 bits per heavy atom. The molecule has 5 unspecified atom stereocenters. The Labute approximate surface area is 215 Å². The first-order valence-corrected chi connectivity index (χ1v) is 14.6. The molecule has 0 spiro atoms. The van der Waals surface area contributed by atoms with Crippen molar-refractivity contribution < 1.29 is 14.2 Å². The van der Waals surface area contributed by atoms with E-state index in [4.69, 9.17) is 10.4 Å². The number of hydrogen-bond acceptors (Lipinski definition) is 4. The van der Waals surface area contributed by atoms with Gasteiger partial charge in [0.25, 0.3) is 0 Å². The highest BCUT2D eigenvalue weighted by Crippen LogP contribution is 2.52. The first-order chi connectivity index (χ1) is 16.9. The zero-order valence-corrected chi connectivity index (χ0v) is 22.4. The minimum atomic E-state index is -0.410. The van der Waals surface area contributed by atoms with E-state index in [1.54, 1.807) is 0 Å². The minimum absolute atomic E-state index is 0.152. The topological polar surface area (TPSA) is 81.4 Å². The molecule has 2 fully saturated rings. The molecule has 5 nitrogen and oxygen atoms in total. The zero-order chi connectivity index (χ0) is 25.1. The highest BCUT2D eigenvalue weighted by atomic mass is 16.4. The summed E-state index contributed by atoms with van der Waals surface area (Å²) < 4.78 is 5.75.